The fraction of sp³-hybridized carbons (Fsp3) is 0.500. The number of anilines is 1. The molecule has 0 unspecified atom stereocenters. The van der Waals surface area contributed by atoms with Crippen molar-refractivity contribution in [1.82, 2.24) is 0 Å². The third-order valence-corrected chi connectivity index (χ3v) is 2.50. The highest BCUT2D eigenvalue weighted by atomic mass is 16.5. The Hall–Kier alpha value is -1.55. The van der Waals surface area contributed by atoms with Crippen LogP contribution >= 0.6 is 0 Å². The topological polar surface area (TPSA) is 58.6 Å². The SMILES string of the molecule is CC(C)OCCCCNc1ccccc1C(=O)O. The number of rotatable bonds is 8. The van der Waals surface area contributed by atoms with Gasteiger partial charge in [-0.15, -0.1) is 0 Å². The molecule has 18 heavy (non-hydrogen) atoms. The number of hydrogen-bond acceptors (Lipinski definition) is 3. The molecule has 0 atom stereocenters. The summed E-state index contributed by atoms with van der Waals surface area (Å²) in [6.45, 7) is 5.54. The summed E-state index contributed by atoms with van der Waals surface area (Å²) >= 11 is 0. The molecule has 0 bridgehead atoms. The van der Waals surface area contributed by atoms with Gasteiger partial charge >= 0.3 is 5.97 Å². The van der Waals surface area contributed by atoms with Crippen LogP contribution in [0.5, 0.6) is 0 Å². The molecule has 0 fully saturated rings. The first-order valence-electron chi connectivity index (χ1n) is 6.29. The molecule has 1 aromatic carbocycles. The van der Waals surface area contributed by atoms with E-state index < -0.39 is 5.97 Å². The van der Waals surface area contributed by atoms with Crippen LogP contribution in [0.25, 0.3) is 0 Å². The third-order valence-electron chi connectivity index (χ3n) is 2.50. The third kappa shape index (κ3) is 5.19. The van der Waals surface area contributed by atoms with Crippen LogP contribution in [0.2, 0.25) is 0 Å². The number of carboxylic acid groups (broad SMARTS) is 1. The van der Waals surface area contributed by atoms with Crippen molar-refractivity contribution in [3.05, 3.63) is 29.8 Å². The lowest BCUT2D eigenvalue weighted by atomic mass is 10.2. The summed E-state index contributed by atoms with van der Waals surface area (Å²) in [5.41, 5.74) is 0.991. The van der Waals surface area contributed by atoms with Gasteiger partial charge in [-0.2, -0.15) is 0 Å². The number of carbonyl (C=O) groups is 1. The summed E-state index contributed by atoms with van der Waals surface area (Å²) < 4.78 is 5.43. The molecule has 1 aromatic rings. The van der Waals surface area contributed by atoms with Crippen LogP contribution in [-0.4, -0.2) is 30.3 Å². The van der Waals surface area contributed by atoms with Crippen molar-refractivity contribution >= 4 is 11.7 Å². The summed E-state index contributed by atoms with van der Waals surface area (Å²) in [6, 6.07) is 6.95. The fourth-order valence-electron chi connectivity index (χ4n) is 1.59. The predicted octanol–water partition coefficient (Wildman–Crippen LogP) is 3.00. The summed E-state index contributed by atoms with van der Waals surface area (Å²) in [7, 11) is 0. The second-order valence-corrected chi connectivity index (χ2v) is 4.40. The average Bonchev–Trinajstić information content (AvgIpc) is 2.33. The standard InChI is InChI=1S/C14H21NO3/c1-11(2)18-10-6-5-9-15-13-8-4-3-7-12(13)14(16)17/h3-4,7-8,11,15H,5-6,9-10H2,1-2H3,(H,16,17). The Morgan fingerprint density at radius 3 is 2.72 bits per heavy atom. The summed E-state index contributed by atoms with van der Waals surface area (Å²) in [6.07, 6.45) is 2.20. The summed E-state index contributed by atoms with van der Waals surface area (Å²) in [5.74, 6) is -0.902. The monoisotopic (exact) mass is 251 g/mol. The maximum Gasteiger partial charge on any atom is 0.337 e. The number of benzene rings is 1. The molecule has 4 nitrogen and oxygen atoms in total. The van der Waals surface area contributed by atoms with Gasteiger partial charge in [0.25, 0.3) is 0 Å². The van der Waals surface area contributed by atoms with E-state index in [-0.39, 0.29) is 6.10 Å². The molecule has 0 spiro atoms. The van der Waals surface area contributed by atoms with E-state index in [2.05, 4.69) is 5.32 Å². The molecule has 4 heteroatoms. The molecule has 0 radical (unpaired) electrons. The molecule has 0 aliphatic carbocycles. The van der Waals surface area contributed by atoms with Gasteiger partial charge in [-0.3, -0.25) is 0 Å². The van der Waals surface area contributed by atoms with E-state index in [9.17, 15) is 4.79 Å². The first-order valence-corrected chi connectivity index (χ1v) is 6.29. The zero-order valence-electron chi connectivity index (χ0n) is 11.0. The van der Waals surface area contributed by atoms with Crippen LogP contribution < -0.4 is 5.32 Å². The Morgan fingerprint density at radius 2 is 2.06 bits per heavy atom. The van der Waals surface area contributed by atoms with Crippen LogP contribution in [-0.2, 0) is 4.74 Å². The minimum Gasteiger partial charge on any atom is -0.478 e. The smallest absolute Gasteiger partial charge is 0.337 e. The molecule has 0 aliphatic rings. The van der Waals surface area contributed by atoms with Crippen molar-refractivity contribution in [1.29, 1.82) is 0 Å². The van der Waals surface area contributed by atoms with E-state index in [1.165, 1.54) is 0 Å². The molecule has 0 saturated carbocycles. The highest BCUT2D eigenvalue weighted by Crippen LogP contribution is 2.14. The zero-order chi connectivity index (χ0) is 13.4. The molecular formula is C14H21NO3. The van der Waals surface area contributed by atoms with Crippen LogP contribution in [0, 0.1) is 0 Å². The van der Waals surface area contributed by atoms with Gasteiger partial charge in [0.1, 0.15) is 0 Å². The molecule has 0 saturated heterocycles. The van der Waals surface area contributed by atoms with Gasteiger partial charge in [-0.1, -0.05) is 12.1 Å². The van der Waals surface area contributed by atoms with Gasteiger partial charge in [-0.05, 0) is 38.8 Å². The van der Waals surface area contributed by atoms with Gasteiger partial charge in [0.15, 0.2) is 0 Å². The zero-order valence-corrected chi connectivity index (χ0v) is 11.0. The fourth-order valence-corrected chi connectivity index (χ4v) is 1.59. The van der Waals surface area contributed by atoms with Gasteiger partial charge in [0.2, 0.25) is 0 Å². The molecule has 0 amide bonds. The van der Waals surface area contributed by atoms with E-state index in [0.29, 0.717) is 11.3 Å². The number of unbranched alkanes of at least 4 members (excludes halogenated alkanes) is 1. The van der Waals surface area contributed by atoms with Crippen molar-refractivity contribution in [3.63, 3.8) is 0 Å². The van der Waals surface area contributed by atoms with Crippen molar-refractivity contribution in [3.8, 4) is 0 Å². The second-order valence-electron chi connectivity index (χ2n) is 4.40. The van der Waals surface area contributed by atoms with E-state index in [4.69, 9.17) is 9.84 Å². The normalized spacial score (nSPS) is 10.6. The number of hydrogen-bond donors (Lipinski definition) is 2. The van der Waals surface area contributed by atoms with E-state index in [1.54, 1.807) is 18.2 Å². The molecule has 2 N–H and O–H groups in total. The number of para-hydroxylation sites is 1. The highest BCUT2D eigenvalue weighted by Gasteiger charge is 2.07. The highest BCUT2D eigenvalue weighted by molar-refractivity contribution is 5.94. The van der Waals surface area contributed by atoms with Crippen LogP contribution in [0.15, 0.2) is 24.3 Å². The number of nitrogens with one attached hydrogen (secondary N) is 1. The minimum absolute atomic E-state index is 0.269. The summed E-state index contributed by atoms with van der Waals surface area (Å²) in [5, 5.41) is 12.2. The van der Waals surface area contributed by atoms with Gasteiger partial charge < -0.3 is 15.2 Å². The number of ether oxygens (including phenoxy) is 1. The van der Waals surface area contributed by atoms with Crippen LogP contribution in [0.4, 0.5) is 5.69 Å². The molecular weight excluding hydrogens is 230 g/mol. The van der Waals surface area contributed by atoms with Crippen LogP contribution in [0.3, 0.4) is 0 Å². The van der Waals surface area contributed by atoms with Gasteiger partial charge in [0, 0.05) is 18.8 Å². The minimum atomic E-state index is -0.902. The van der Waals surface area contributed by atoms with Crippen molar-refractivity contribution in [2.24, 2.45) is 0 Å². The average molecular weight is 251 g/mol. The Kier molecular flexibility index (Phi) is 6.22. The molecule has 0 aliphatic heterocycles. The Morgan fingerprint density at radius 1 is 1.33 bits per heavy atom. The van der Waals surface area contributed by atoms with Gasteiger partial charge in [0.05, 0.1) is 11.7 Å². The summed E-state index contributed by atoms with van der Waals surface area (Å²) in [4.78, 5) is 11.0. The van der Waals surface area contributed by atoms with Crippen molar-refractivity contribution in [2.45, 2.75) is 32.8 Å². The predicted molar refractivity (Wildman–Crippen MR) is 72.2 cm³/mol. The number of carboxylic acids is 1. The molecule has 0 heterocycles. The first kappa shape index (κ1) is 14.5. The molecule has 100 valence electrons. The number of aromatic carboxylic acids is 1. The van der Waals surface area contributed by atoms with E-state index in [0.717, 1.165) is 26.0 Å². The molecule has 0 aromatic heterocycles. The van der Waals surface area contributed by atoms with Crippen molar-refractivity contribution in [2.75, 3.05) is 18.5 Å². The maximum absolute atomic E-state index is 11.0. The largest absolute Gasteiger partial charge is 0.478 e. The Labute approximate surface area is 108 Å². The first-order chi connectivity index (χ1) is 8.61. The van der Waals surface area contributed by atoms with Crippen LogP contribution in [0.1, 0.15) is 37.0 Å². The Bertz CT molecular complexity index is 377. The molecule has 1 rings (SSSR count). The van der Waals surface area contributed by atoms with E-state index >= 15 is 0 Å². The maximum atomic E-state index is 11.0. The lowest BCUT2D eigenvalue weighted by Crippen LogP contribution is -2.09. The van der Waals surface area contributed by atoms with Crippen molar-refractivity contribution < 1.29 is 14.6 Å². The Balaban J connectivity index is 2.29. The second kappa shape index (κ2) is 7.71. The quantitative estimate of drug-likeness (QED) is 0.697. The van der Waals surface area contributed by atoms with E-state index in [1.807, 2.05) is 19.9 Å². The lowest BCUT2D eigenvalue weighted by Gasteiger charge is -2.10. The lowest BCUT2D eigenvalue weighted by molar-refractivity contribution is 0.0697. The van der Waals surface area contributed by atoms with Gasteiger partial charge in [-0.25, -0.2) is 4.79 Å².